The van der Waals surface area contributed by atoms with Crippen LogP contribution in [0.15, 0.2) is 70.6 Å². The van der Waals surface area contributed by atoms with Gasteiger partial charge in [0, 0.05) is 31.7 Å². The average molecular weight is 318 g/mol. The number of para-hydroxylation sites is 1. The largest absolute Gasteiger partial charge is 0.342 e. The van der Waals surface area contributed by atoms with Gasteiger partial charge in [0.2, 0.25) is 5.96 Å². The number of rotatable bonds is 2. The van der Waals surface area contributed by atoms with Crippen LogP contribution in [0.25, 0.3) is 0 Å². The second kappa shape index (κ2) is 6.87. The summed E-state index contributed by atoms with van der Waals surface area (Å²) in [6.07, 6.45) is 2.51. The predicted molar refractivity (Wildman–Crippen MR) is 98.9 cm³/mol. The smallest absolute Gasteiger partial charge is 0.203 e. The van der Waals surface area contributed by atoms with Crippen LogP contribution in [-0.2, 0) is 0 Å². The highest BCUT2D eigenvalue weighted by molar-refractivity contribution is 6.07. The Bertz CT molecular complexity index is 713. The van der Waals surface area contributed by atoms with Gasteiger partial charge < -0.3 is 9.80 Å². The maximum Gasteiger partial charge on any atom is 0.203 e. The van der Waals surface area contributed by atoms with E-state index in [4.69, 9.17) is 9.98 Å². The molecule has 0 radical (unpaired) electrons. The minimum Gasteiger partial charge on any atom is -0.342 e. The number of nitrogens with zero attached hydrogens (tertiary/aromatic N) is 4. The quantitative estimate of drug-likeness (QED) is 0.626. The van der Waals surface area contributed by atoms with Crippen molar-refractivity contribution in [3.63, 3.8) is 0 Å². The molecule has 2 aliphatic heterocycles. The van der Waals surface area contributed by atoms with Crippen LogP contribution in [0.3, 0.4) is 0 Å². The number of aliphatic imine (C=N–C) groups is 2. The molecule has 24 heavy (non-hydrogen) atoms. The first-order valence-corrected chi connectivity index (χ1v) is 8.68. The van der Waals surface area contributed by atoms with Crippen molar-refractivity contribution in [3.05, 3.63) is 66.2 Å². The molecule has 0 amide bonds. The molecule has 0 aromatic heterocycles. The molecule has 4 heteroatoms. The molecule has 0 atom stereocenters. The Morgan fingerprint density at radius 3 is 1.75 bits per heavy atom. The van der Waals surface area contributed by atoms with E-state index in [-0.39, 0.29) is 0 Å². The third-order valence-electron chi connectivity index (χ3n) is 4.51. The van der Waals surface area contributed by atoms with Crippen LogP contribution in [-0.4, -0.2) is 47.8 Å². The van der Waals surface area contributed by atoms with Gasteiger partial charge in [0.15, 0.2) is 5.84 Å². The summed E-state index contributed by atoms with van der Waals surface area (Å²) in [7, 11) is 0. The summed E-state index contributed by atoms with van der Waals surface area (Å²) in [5.41, 5.74) is 1.99. The number of hydrogen-bond donors (Lipinski definition) is 0. The van der Waals surface area contributed by atoms with Gasteiger partial charge >= 0.3 is 0 Å². The zero-order chi connectivity index (χ0) is 16.2. The van der Waals surface area contributed by atoms with Crippen molar-refractivity contribution in [3.8, 4) is 0 Å². The van der Waals surface area contributed by atoms with Gasteiger partial charge in [-0.2, -0.15) is 4.99 Å². The van der Waals surface area contributed by atoms with Crippen molar-refractivity contribution >= 4 is 17.5 Å². The second-order valence-electron chi connectivity index (χ2n) is 6.23. The normalized spacial score (nSPS) is 17.1. The zero-order valence-corrected chi connectivity index (χ0v) is 13.8. The maximum absolute atomic E-state index is 5.00. The van der Waals surface area contributed by atoms with Gasteiger partial charge in [0.1, 0.15) is 0 Å². The summed E-state index contributed by atoms with van der Waals surface area (Å²) in [5.74, 6) is 1.88. The molecule has 0 unspecified atom stereocenters. The Labute approximate surface area is 143 Å². The zero-order valence-electron chi connectivity index (χ0n) is 13.8. The number of likely N-dealkylation sites (tertiary alicyclic amines) is 2. The summed E-state index contributed by atoms with van der Waals surface area (Å²) in [6, 6.07) is 20.3. The SMILES string of the molecule is c1ccc(N=C(N=C(N2CCC2)N2CCC2)c2ccccc2)cc1. The Hall–Kier alpha value is -2.62. The third kappa shape index (κ3) is 3.18. The second-order valence-corrected chi connectivity index (χ2v) is 6.23. The van der Waals surface area contributed by atoms with E-state index in [0.717, 1.165) is 49.2 Å². The first kappa shape index (κ1) is 14.9. The average Bonchev–Trinajstić information content (AvgIpc) is 2.53. The van der Waals surface area contributed by atoms with Gasteiger partial charge in [0.25, 0.3) is 0 Å². The molecule has 0 N–H and O–H groups in total. The lowest BCUT2D eigenvalue weighted by atomic mass is 10.2. The topological polar surface area (TPSA) is 31.2 Å². The lowest BCUT2D eigenvalue weighted by Gasteiger charge is -2.43. The highest BCUT2D eigenvalue weighted by Crippen LogP contribution is 2.19. The number of benzene rings is 2. The molecule has 2 saturated heterocycles. The summed E-state index contributed by atoms with van der Waals surface area (Å²) in [4.78, 5) is 14.6. The van der Waals surface area contributed by atoms with Crippen LogP contribution >= 0.6 is 0 Å². The van der Waals surface area contributed by atoms with Crippen molar-refractivity contribution in [1.82, 2.24) is 9.80 Å². The predicted octanol–water partition coefficient (Wildman–Crippen LogP) is 3.53. The monoisotopic (exact) mass is 318 g/mol. The summed E-state index contributed by atoms with van der Waals surface area (Å²) >= 11 is 0. The van der Waals surface area contributed by atoms with Gasteiger partial charge in [0.05, 0.1) is 5.69 Å². The molecule has 2 aromatic carbocycles. The van der Waals surface area contributed by atoms with Crippen molar-refractivity contribution < 1.29 is 0 Å². The van der Waals surface area contributed by atoms with Crippen LogP contribution in [0.5, 0.6) is 0 Å². The van der Waals surface area contributed by atoms with Crippen molar-refractivity contribution in [2.75, 3.05) is 26.2 Å². The molecule has 2 aromatic rings. The molecular formula is C20H22N4. The molecule has 0 aliphatic carbocycles. The summed E-state index contributed by atoms with van der Waals surface area (Å²) in [5, 5.41) is 0. The van der Waals surface area contributed by atoms with Gasteiger partial charge in [-0.1, -0.05) is 48.5 Å². The van der Waals surface area contributed by atoms with Crippen LogP contribution in [0.2, 0.25) is 0 Å². The van der Waals surface area contributed by atoms with Crippen LogP contribution in [0.1, 0.15) is 18.4 Å². The van der Waals surface area contributed by atoms with Gasteiger partial charge in [-0.25, -0.2) is 4.99 Å². The lowest BCUT2D eigenvalue weighted by molar-refractivity contribution is 0.207. The van der Waals surface area contributed by atoms with Gasteiger partial charge in [-0.05, 0) is 25.0 Å². The summed E-state index contributed by atoms with van der Waals surface area (Å²) < 4.78 is 0. The fourth-order valence-electron chi connectivity index (χ4n) is 2.83. The lowest BCUT2D eigenvalue weighted by Crippen LogP contribution is -2.55. The van der Waals surface area contributed by atoms with Crippen molar-refractivity contribution in [2.45, 2.75) is 12.8 Å². The molecule has 2 aliphatic rings. The van der Waals surface area contributed by atoms with Gasteiger partial charge in [-0.3, -0.25) is 0 Å². The molecular weight excluding hydrogens is 296 g/mol. The Kier molecular flexibility index (Phi) is 4.28. The Morgan fingerprint density at radius 1 is 0.708 bits per heavy atom. The molecule has 2 heterocycles. The van der Waals surface area contributed by atoms with E-state index < -0.39 is 0 Å². The first-order valence-electron chi connectivity index (χ1n) is 8.68. The summed E-state index contributed by atoms with van der Waals surface area (Å²) in [6.45, 7) is 4.40. The molecule has 4 rings (SSSR count). The molecule has 2 fully saturated rings. The number of hydrogen-bond acceptors (Lipinski definition) is 1. The van der Waals surface area contributed by atoms with Crippen LogP contribution in [0.4, 0.5) is 5.69 Å². The molecule has 0 spiro atoms. The van der Waals surface area contributed by atoms with E-state index in [1.165, 1.54) is 12.8 Å². The third-order valence-corrected chi connectivity index (χ3v) is 4.51. The first-order chi connectivity index (χ1) is 11.9. The van der Waals surface area contributed by atoms with E-state index >= 15 is 0 Å². The number of amidine groups is 1. The Morgan fingerprint density at radius 2 is 1.25 bits per heavy atom. The van der Waals surface area contributed by atoms with E-state index in [2.05, 4.69) is 21.9 Å². The van der Waals surface area contributed by atoms with Crippen LogP contribution < -0.4 is 0 Å². The molecule has 4 nitrogen and oxygen atoms in total. The number of guanidine groups is 1. The van der Waals surface area contributed by atoms with E-state index in [1.807, 2.05) is 48.5 Å². The highest BCUT2D eigenvalue weighted by Gasteiger charge is 2.27. The standard InChI is InChI=1S/C20H22N4/c1-3-9-17(10-4-1)19(21-18-11-5-2-6-12-18)22-20(23-13-7-14-23)24-15-8-16-24/h1-6,9-12H,7-8,13-16H2. The minimum absolute atomic E-state index is 0.788. The van der Waals surface area contributed by atoms with Crippen molar-refractivity contribution in [2.24, 2.45) is 9.98 Å². The Balaban J connectivity index is 1.74. The van der Waals surface area contributed by atoms with Crippen molar-refractivity contribution in [1.29, 1.82) is 0 Å². The van der Waals surface area contributed by atoms with E-state index in [0.29, 0.717) is 0 Å². The highest BCUT2D eigenvalue weighted by atomic mass is 15.4. The molecule has 0 bridgehead atoms. The van der Waals surface area contributed by atoms with Gasteiger partial charge in [-0.15, -0.1) is 0 Å². The maximum atomic E-state index is 5.00. The molecule has 122 valence electrons. The van der Waals surface area contributed by atoms with E-state index in [1.54, 1.807) is 0 Å². The fraction of sp³-hybridized carbons (Fsp3) is 0.300. The molecule has 0 saturated carbocycles. The minimum atomic E-state index is 0.788. The van der Waals surface area contributed by atoms with E-state index in [9.17, 15) is 0 Å². The van der Waals surface area contributed by atoms with Crippen LogP contribution in [0, 0.1) is 0 Å². The fourth-order valence-corrected chi connectivity index (χ4v) is 2.83.